The molecular formula is C29H35FN4O3. The van der Waals surface area contributed by atoms with E-state index in [-0.39, 0.29) is 30.7 Å². The lowest BCUT2D eigenvalue weighted by molar-refractivity contribution is 0.0950. The van der Waals surface area contributed by atoms with Crippen LogP contribution in [0.5, 0.6) is 0 Å². The van der Waals surface area contributed by atoms with E-state index >= 15 is 0 Å². The number of nitrogens with one attached hydrogen (secondary N) is 1. The van der Waals surface area contributed by atoms with Gasteiger partial charge < -0.3 is 19.9 Å². The molecule has 1 aliphatic heterocycles. The number of fused-ring (bicyclic) bond motifs is 1. The van der Waals surface area contributed by atoms with Crippen molar-refractivity contribution in [3.05, 3.63) is 69.4 Å². The zero-order chi connectivity index (χ0) is 26.1. The smallest absolute Gasteiger partial charge is 0.258 e. The van der Waals surface area contributed by atoms with Crippen molar-refractivity contribution in [1.82, 2.24) is 19.7 Å². The summed E-state index contributed by atoms with van der Waals surface area (Å²) in [7, 11) is 2.13. The van der Waals surface area contributed by atoms with E-state index in [4.69, 9.17) is 0 Å². The number of halogens is 1. The molecule has 0 spiro atoms. The van der Waals surface area contributed by atoms with Gasteiger partial charge in [0, 0.05) is 49.4 Å². The van der Waals surface area contributed by atoms with Crippen LogP contribution < -0.4 is 10.9 Å². The molecule has 1 aliphatic carbocycles. The first-order valence-corrected chi connectivity index (χ1v) is 13.1. The Hall–Kier alpha value is -3.07. The van der Waals surface area contributed by atoms with Crippen molar-refractivity contribution >= 4 is 16.7 Å². The van der Waals surface area contributed by atoms with Crippen LogP contribution in [0.1, 0.15) is 40.7 Å². The molecule has 2 heterocycles. The summed E-state index contributed by atoms with van der Waals surface area (Å²) in [6.07, 6.45) is 4.85. The van der Waals surface area contributed by atoms with E-state index in [1.807, 2.05) is 18.3 Å². The van der Waals surface area contributed by atoms with Crippen molar-refractivity contribution in [2.24, 2.45) is 0 Å². The largest absolute Gasteiger partial charge is 0.395 e. The maximum Gasteiger partial charge on any atom is 0.258 e. The number of likely N-dealkylation sites (N-methyl/N-ethyl adjacent to an activating group) is 1. The van der Waals surface area contributed by atoms with Crippen LogP contribution in [0.15, 0.2) is 41.3 Å². The normalized spacial score (nSPS) is 17.2. The molecule has 0 unspecified atom stereocenters. The van der Waals surface area contributed by atoms with Gasteiger partial charge in [-0.1, -0.05) is 6.07 Å². The lowest BCUT2D eigenvalue weighted by Crippen LogP contribution is -2.30. The molecule has 37 heavy (non-hydrogen) atoms. The van der Waals surface area contributed by atoms with Crippen LogP contribution in [-0.4, -0.2) is 71.3 Å². The van der Waals surface area contributed by atoms with Crippen LogP contribution >= 0.6 is 0 Å². The van der Waals surface area contributed by atoms with Gasteiger partial charge in [-0.05, 0) is 98.2 Å². The van der Waals surface area contributed by atoms with Crippen LogP contribution in [0.2, 0.25) is 0 Å². The predicted molar refractivity (Wildman–Crippen MR) is 143 cm³/mol. The molecule has 0 atom stereocenters. The van der Waals surface area contributed by atoms with Gasteiger partial charge in [0.05, 0.1) is 6.61 Å². The van der Waals surface area contributed by atoms with Crippen LogP contribution in [0.4, 0.5) is 4.39 Å². The number of hydrogen-bond acceptors (Lipinski definition) is 5. The number of carbonyl (C=O) groups excluding carboxylic acids is 1. The van der Waals surface area contributed by atoms with E-state index in [9.17, 15) is 19.1 Å². The Morgan fingerprint density at radius 2 is 1.92 bits per heavy atom. The molecule has 2 N–H and O–H groups in total. The Morgan fingerprint density at radius 3 is 2.68 bits per heavy atom. The second kappa shape index (κ2) is 10.7. The van der Waals surface area contributed by atoms with Crippen LogP contribution in [-0.2, 0) is 13.1 Å². The Bertz CT molecular complexity index is 1380. The Labute approximate surface area is 216 Å². The highest BCUT2D eigenvalue weighted by Gasteiger charge is 2.25. The minimum Gasteiger partial charge on any atom is -0.395 e. The summed E-state index contributed by atoms with van der Waals surface area (Å²) in [4.78, 5) is 30.6. The average molecular weight is 507 g/mol. The van der Waals surface area contributed by atoms with E-state index in [0.717, 1.165) is 62.0 Å². The third-order valence-corrected chi connectivity index (χ3v) is 7.55. The number of aliphatic hydroxyl groups excluding tert-OH is 1. The molecule has 2 aliphatic rings. The quantitative estimate of drug-likeness (QED) is 0.515. The highest BCUT2D eigenvalue weighted by Crippen LogP contribution is 2.31. The Morgan fingerprint density at radius 1 is 1.11 bits per heavy atom. The van der Waals surface area contributed by atoms with Crippen LogP contribution in [0.25, 0.3) is 21.9 Å². The standard InChI is InChI=1S/C29H35FN4O3/c1-19-25(15-21(16-27(19)30)28(36)31-23-5-6-23)20-4-7-24-26(14-20)22(18-34(12-13-35)29(24)37)17-33-9-3-8-32(2)10-11-33/h4,7,14-16,18,23,35H,3,5-6,8-13,17H2,1-2H3,(H,31,36). The van der Waals surface area contributed by atoms with Gasteiger partial charge in [-0.3, -0.25) is 14.5 Å². The summed E-state index contributed by atoms with van der Waals surface area (Å²) in [6.45, 7) is 6.43. The molecule has 7 nitrogen and oxygen atoms in total. The Kier molecular flexibility index (Phi) is 7.42. The van der Waals surface area contributed by atoms with Gasteiger partial charge in [-0.15, -0.1) is 0 Å². The highest BCUT2D eigenvalue weighted by atomic mass is 19.1. The number of carbonyl (C=O) groups is 1. The molecule has 1 amide bonds. The lowest BCUT2D eigenvalue weighted by Gasteiger charge is -2.22. The number of rotatable bonds is 7. The fourth-order valence-electron chi connectivity index (χ4n) is 5.14. The van der Waals surface area contributed by atoms with Gasteiger partial charge in [0.2, 0.25) is 0 Å². The first kappa shape index (κ1) is 25.6. The molecule has 3 aromatic rings. The number of nitrogens with zero attached hydrogens (tertiary/aromatic N) is 3. The van der Waals surface area contributed by atoms with Gasteiger partial charge in [0.25, 0.3) is 11.5 Å². The maximum atomic E-state index is 14.9. The SMILES string of the molecule is Cc1c(F)cc(C(=O)NC2CC2)cc1-c1ccc2c(=O)n(CCO)cc(CN3CCCN(C)CC3)c2c1. The number of benzene rings is 2. The average Bonchev–Trinajstić information content (AvgIpc) is 3.72. The fraction of sp³-hybridized carbons (Fsp3) is 0.448. The highest BCUT2D eigenvalue weighted by molar-refractivity contribution is 5.97. The lowest BCUT2D eigenvalue weighted by atomic mass is 9.94. The Balaban J connectivity index is 1.58. The molecule has 1 aromatic heterocycles. The summed E-state index contributed by atoms with van der Waals surface area (Å²) in [5.74, 6) is -0.687. The molecule has 2 fully saturated rings. The fourth-order valence-corrected chi connectivity index (χ4v) is 5.14. The molecule has 1 saturated carbocycles. The second-order valence-electron chi connectivity index (χ2n) is 10.4. The van der Waals surface area contributed by atoms with Gasteiger partial charge >= 0.3 is 0 Å². The molecule has 1 saturated heterocycles. The van der Waals surface area contributed by atoms with Crippen molar-refractivity contribution in [3.8, 4) is 11.1 Å². The van der Waals surface area contributed by atoms with Gasteiger partial charge in [0.15, 0.2) is 0 Å². The molecule has 0 bridgehead atoms. The van der Waals surface area contributed by atoms with Crippen LogP contribution in [0.3, 0.4) is 0 Å². The molecule has 0 radical (unpaired) electrons. The van der Waals surface area contributed by atoms with Gasteiger partial charge in [-0.2, -0.15) is 0 Å². The van der Waals surface area contributed by atoms with Crippen molar-refractivity contribution in [1.29, 1.82) is 0 Å². The van der Waals surface area contributed by atoms with E-state index in [0.29, 0.717) is 28.6 Å². The topological polar surface area (TPSA) is 77.8 Å². The van der Waals surface area contributed by atoms with E-state index in [1.54, 1.807) is 23.6 Å². The summed E-state index contributed by atoms with van der Waals surface area (Å²) >= 11 is 0. The zero-order valence-electron chi connectivity index (χ0n) is 21.6. The van der Waals surface area contributed by atoms with Gasteiger partial charge in [0.1, 0.15) is 5.82 Å². The number of aliphatic hydroxyl groups is 1. The minimum absolute atomic E-state index is 0.119. The molecule has 2 aromatic carbocycles. The molecule has 196 valence electrons. The first-order chi connectivity index (χ1) is 17.8. The van der Waals surface area contributed by atoms with E-state index in [1.165, 1.54) is 6.07 Å². The van der Waals surface area contributed by atoms with Crippen molar-refractivity contribution in [2.75, 3.05) is 39.8 Å². The zero-order valence-corrected chi connectivity index (χ0v) is 21.6. The summed E-state index contributed by atoms with van der Waals surface area (Å²) < 4.78 is 16.5. The minimum atomic E-state index is -0.425. The summed E-state index contributed by atoms with van der Waals surface area (Å²) in [6, 6.07) is 8.78. The molecular weight excluding hydrogens is 471 g/mol. The number of pyridine rings is 1. The van der Waals surface area contributed by atoms with Crippen molar-refractivity contribution in [3.63, 3.8) is 0 Å². The molecule has 8 heteroatoms. The van der Waals surface area contributed by atoms with E-state index < -0.39 is 5.82 Å². The van der Waals surface area contributed by atoms with Crippen molar-refractivity contribution in [2.45, 2.75) is 45.3 Å². The van der Waals surface area contributed by atoms with Crippen LogP contribution in [0, 0.1) is 12.7 Å². The van der Waals surface area contributed by atoms with E-state index in [2.05, 4.69) is 22.2 Å². The third-order valence-electron chi connectivity index (χ3n) is 7.55. The van der Waals surface area contributed by atoms with Gasteiger partial charge in [-0.25, -0.2) is 4.39 Å². The number of aromatic nitrogens is 1. The van der Waals surface area contributed by atoms with Crippen molar-refractivity contribution < 1.29 is 14.3 Å². The number of amides is 1. The first-order valence-electron chi connectivity index (χ1n) is 13.1. The summed E-state index contributed by atoms with van der Waals surface area (Å²) in [5, 5.41) is 13.9. The number of hydrogen-bond donors (Lipinski definition) is 2. The summed E-state index contributed by atoms with van der Waals surface area (Å²) in [5.41, 5.74) is 3.02. The monoisotopic (exact) mass is 506 g/mol. The predicted octanol–water partition coefficient (Wildman–Crippen LogP) is 3.14. The molecule has 5 rings (SSSR count). The maximum absolute atomic E-state index is 14.9. The third kappa shape index (κ3) is 5.61. The second-order valence-corrected chi connectivity index (χ2v) is 10.4.